The first-order valence-corrected chi connectivity index (χ1v) is 10.0. The van der Waals surface area contributed by atoms with Gasteiger partial charge in [0.25, 0.3) is 0 Å². The van der Waals surface area contributed by atoms with Gasteiger partial charge in [-0.3, -0.25) is 4.79 Å². The van der Waals surface area contributed by atoms with E-state index >= 15 is 0 Å². The first kappa shape index (κ1) is 26.4. The molecule has 1 fully saturated rings. The van der Waals surface area contributed by atoms with E-state index in [-0.39, 0.29) is 36.4 Å². The monoisotopic (exact) mass is 497 g/mol. The minimum atomic E-state index is 0. The van der Waals surface area contributed by atoms with Gasteiger partial charge in [0.15, 0.2) is 5.96 Å². The van der Waals surface area contributed by atoms with Gasteiger partial charge in [-0.2, -0.15) is 0 Å². The number of aliphatic imine (C=N–C) groups is 1. The Balaban J connectivity index is 0.00000676. The number of nitrogens with zero attached hydrogens (tertiary/aromatic N) is 3. The molecule has 0 saturated carbocycles. The highest BCUT2D eigenvalue weighted by Gasteiger charge is 2.16. The number of ether oxygens (including phenoxy) is 1. The largest absolute Gasteiger partial charge is 0.381 e. The van der Waals surface area contributed by atoms with Crippen molar-refractivity contribution in [2.24, 2.45) is 10.9 Å². The summed E-state index contributed by atoms with van der Waals surface area (Å²) >= 11 is 0. The van der Waals surface area contributed by atoms with Crippen LogP contribution in [0.1, 0.15) is 40.0 Å². The van der Waals surface area contributed by atoms with Crippen LogP contribution in [0.2, 0.25) is 0 Å². The van der Waals surface area contributed by atoms with E-state index in [2.05, 4.69) is 41.3 Å². The molecule has 27 heavy (non-hydrogen) atoms. The van der Waals surface area contributed by atoms with Crippen LogP contribution in [0.5, 0.6) is 0 Å². The molecule has 2 atom stereocenters. The number of likely N-dealkylation sites (N-methyl/N-ethyl adjacent to an activating group) is 1. The molecule has 0 aliphatic carbocycles. The normalized spacial score (nSPS) is 18.1. The van der Waals surface area contributed by atoms with Crippen molar-refractivity contribution in [2.45, 2.75) is 46.1 Å². The molecular weight excluding hydrogens is 457 g/mol. The van der Waals surface area contributed by atoms with E-state index in [1.807, 2.05) is 0 Å². The molecule has 7 nitrogen and oxygen atoms in total. The van der Waals surface area contributed by atoms with Gasteiger partial charge in [-0.05, 0) is 45.8 Å². The summed E-state index contributed by atoms with van der Waals surface area (Å²) < 4.78 is 5.43. The molecule has 0 aromatic rings. The Hall–Kier alpha value is -0.610. The third kappa shape index (κ3) is 11.7. The van der Waals surface area contributed by atoms with Crippen molar-refractivity contribution < 1.29 is 9.53 Å². The Bertz CT molecular complexity index is 424. The van der Waals surface area contributed by atoms with Crippen molar-refractivity contribution in [3.63, 3.8) is 0 Å². The van der Waals surface area contributed by atoms with Crippen molar-refractivity contribution >= 4 is 35.8 Å². The number of rotatable bonds is 11. The zero-order valence-corrected chi connectivity index (χ0v) is 20.1. The van der Waals surface area contributed by atoms with Crippen LogP contribution in [-0.2, 0) is 9.53 Å². The Morgan fingerprint density at radius 3 is 2.56 bits per heavy atom. The van der Waals surface area contributed by atoms with Crippen LogP contribution < -0.4 is 10.6 Å². The summed E-state index contributed by atoms with van der Waals surface area (Å²) in [7, 11) is 3.51. The molecule has 0 bridgehead atoms. The van der Waals surface area contributed by atoms with Crippen molar-refractivity contribution in [1.82, 2.24) is 20.4 Å². The van der Waals surface area contributed by atoms with Crippen LogP contribution in [0.25, 0.3) is 0 Å². The predicted octanol–water partition coefficient (Wildman–Crippen LogP) is 1.77. The topological polar surface area (TPSA) is 69.2 Å². The highest BCUT2D eigenvalue weighted by Crippen LogP contribution is 2.10. The summed E-state index contributed by atoms with van der Waals surface area (Å²) in [6, 6.07) is 0.311. The molecule has 2 unspecified atom stereocenters. The van der Waals surface area contributed by atoms with Crippen LogP contribution in [0.3, 0.4) is 0 Å². The zero-order valence-electron chi connectivity index (χ0n) is 17.8. The molecule has 160 valence electrons. The fourth-order valence-corrected chi connectivity index (χ4v) is 2.89. The highest BCUT2D eigenvalue weighted by atomic mass is 127. The van der Waals surface area contributed by atoms with Crippen molar-refractivity contribution in [3.8, 4) is 0 Å². The summed E-state index contributed by atoms with van der Waals surface area (Å²) in [6.45, 7) is 12.5. The van der Waals surface area contributed by atoms with Crippen LogP contribution in [0.15, 0.2) is 4.99 Å². The number of nitrogens with one attached hydrogen (secondary N) is 2. The van der Waals surface area contributed by atoms with Crippen molar-refractivity contribution in [3.05, 3.63) is 0 Å². The van der Waals surface area contributed by atoms with Crippen LogP contribution >= 0.6 is 24.0 Å². The molecule has 0 aromatic carbocycles. The maximum atomic E-state index is 11.8. The van der Waals surface area contributed by atoms with Crippen molar-refractivity contribution in [2.75, 3.05) is 60.0 Å². The fourth-order valence-electron chi connectivity index (χ4n) is 2.89. The lowest BCUT2D eigenvalue weighted by molar-refractivity contribution is -0.127. The second-order valence-electron chi connectivity index (χ2n) is 7.28. The Kier molecular flexibility index (Phi) is 15.0. The molecule has 1 aliphatic heterocycles. The number of carbonyl (C=O) groups is 1. The minimum Gasteiger partial charge on any atom is -0.381 e. The minimum absolute atomic E-state index is 0. The van der Waals surface area contributed by atoms with Crippen molar-refractivity contribution in [1.29, 1.82) is 0 Å². The summed E-state index contributed by atoms with van der Waals surface area (Å²) in [6.07, 6.45) is 3.30. The van der Waals surface area contributed by atoms with E-state index in [4.69, 9.17) is 4.74 Å². The molecule has 8 heteroatoms. The van der Waals surface area contributed by atoms with E-state index in [1.54, 1.807) is 19.0 Å². The lowest BCUT2D eigenvalue weighted by Crippen LogP contribution is -2.45. The first-order chi connectivity index (χ1) is 12.5. The first-order valence-electron chi connectivity index (χ1n) is 10.0. The molecule has 1 saturated heterocycles. The summed E-state index contributed by atoms with van der Waals surface area (Å²) in [5.41, 5.74) is 0. The smallest absolute Gasteiger partial charge is 0.243 e. The van der Waals surface area contributed by atoms with Gasteiger partial charge in [-0.15, -0.1) is 24.0 Å². The number of halogens is 1. The standard InChI is InChI=1S/C19H39N5O2.HI/c1-6-24(7-2)11-8-9-16(3)22-19(21-14-18(25)23(4)5)20-13-17-10-12-26-15-17;/h16-17H,6-15H2,1-5H3,(H2,20,21,22);1H. The molecule has 1 amide bonds. The Morgan fingerprint density at radius 2 is 2.00 bits per heavy atom. The van der Waals surface area contributed by atoms with E-state index in [0.29, 0.717) is 12.0 Å². The fraction of sp³-hybridized carbons (Fsp3) is 0.895. The summed E-state index contributed by atoms with van der Waals surface area (Å²) in [4.78, 5) is 20.3. The lowest BCUT2D eigenvalue weighted by atomic mass is 10.1. The molecule has 0 spiro atoms. The van der Waals surface area contributed by atoms with Gasteiger partial charge in [-0.25, -0.2) is 4.99 Å². The molecule has 1 heterocycles. The van der Waals surface area contributed by atoms with E-state index in [0.717, 1.165) is 64.6 Å². The molecule has 0 radical (unpaired) electrons. The Labute approximate surface area is 182 Å². The summed E-state index contributed by atoms with van der Waals surface area (Å²) in [5, 5.41) is 6.84. The summed E-state index contributed by atoms with van der Waals surface area (Å²) in [5.74, 6) is 1.25. The van der Waals surface area contributed by atoms with Gasteiger partial charge >= 0.3 is 0 Å². The van der Waals surface area contributed by atoms with E-state index < -0.39 is 0 Å². The number of hydrogen-bond acceptors (Lipinski definition) is 4. The third-order valence-corrected chi connectivity index (χ3v) is 4.84. The van der Waals surface area contributed by atoms with Gasteiger partial charge in [0.05, 0.1) is 6.61 Å². The molecular formula is C19H40IN5O2. The maximum Gasteiger partial charge on any atom is 0.243 e. The van der Waals surface area contributed by atoms with E-state index in [9.17, 15) is 4.79 Å². The van der Waals surface area contributed by atoms with Gasteiger partial charge < -0.3 is 25.2 Å². The average Bonchev–Trinajstić information content (AvgIpc) is 3.14. The quantitative estimate of drug-likeness (QED) is 0.259. The molecule has 2 N–H and O–H groups in total. The van der Waals surface area contributed by atoms with Crippen LogP contribution in [-0.4, -0.2) is 87.7 Å². The van der Waals surface area contributed by atoms with Gasteiger partial charge in [0.1, 0.15) is 6.54 Å². The lowest BCUT2D eigenvalue weighted by Gasteiger charge is -2.22. The average molecular weight is 497 g/mol. The number of carbonyl (C=O) groups excluding carboxylic acids is 1. The number of amides is 1. The predicted molar refractivity (Wildman–Crippen MR) is 123 cm³/mol. The SMILES string of the molecule is CCN(CC)CCCC(C)NC(=NCC(=O)N(C)C)NCC1CCOC1.I. The Morgan fingerprint density at radius 1 is 1.30 bits per heavy atom. The second kappa shape index (κ2) is 15.3. The van der Waals surface area contributed by atoms with Crippen LogP contribution in [0.4, 0.5) is 0 Å². The highest BCUT2D eigenvalue weighted by molar-refractivity contribution is 14.0. The number of hydrogen-bond donors (Lipinski definition) is 2. The van der Waals surface area contributed by atoms with Gasteiger partial charge in [0, 0.05) is 39.2 Å². The maximum absolute atomic E-state index is 11.8. The molecule has 1 aliphatic rings. The van der Waals surface area contributed by atoms with Crippen LogP contribution in [0, 0.1) is 5.92 Å². The van der Waals surface area contributed by atoms with Gasteiger partial charge in [0.2, 0.25) is 5.91 Å². The van der Waals surface area contributed by atoms with E-state index in [1.165, 1.54) is 0 Å². The molecule has 0 aromatic heterocycles. The molecule has 1 rings (SSSR count). The van der Waals surface area contributed by atoms with Gasteiger partial charge in [-0.1, -0.05) is 13.8 Å². The number of guanidine groups is 1. The zero-order chi connectivity index (χ0) is 19.4. The third-order valence-electron chi connectivity index (χ3n) is 4.84. The second-order valence-corrected chi connectivity index (χ2v) is 7.28.